The van der Waals surface area contributed by atoms with Crippen LogP contribution in [-0.2, 0) is 22.4 Å². The summed E-state index contributed by atoms with van der Waals surface area (Å²) in [6, 6.07) is 25.2. The molecule has 0 N–H and O–H groups in total. The van der Waals surface area contributed by atoms with Crippen LogP contribution in [0.15, 0.2) is 84.4 Å². The summed E-state index contributed by atoms with van der Waals surface area (Å²) in [5.41, 5.74) is 4.49. The van der Waals surface area contributed by atoms with Gasteiger partial charge in [-0.1, -0.05) is 66.7 Å². The van der Waals surface area contributed by atoms with Crippen LogP contribution in [0.3, 0.4) is 0 Å². The lowest BCUT2D eigenvalue weighted by Gasteiger charge is -2.25. The van der Waals surface area contributed by atoms with Gasteiger partial charge in [-0.15, -0.1) is 11.3 Å². The van der Waals surface area contributed by atoms with E-state index in [4.69, 9.17) is 9.72 Å². The fraction of sp³-hybridized carbons (Fsp3) is 0.290. The zero-order valence-corrected chi connectivity index (χ0v) is 21.7. The van der Waals surface area contributed by atoms with E-state index < -0.39 is 0 Å². The highest BCUT2D eigenvalue weighted by atomic mass is 32.1. The van der Waals surface area contributed by atoms with Crippen molar-refractivity contribution in [2.24, 2.45) is 0 Å². The van der Waals surface area contributed by atoms with E-state index in [0.717, 1.165) is 48.5 Å². The first-order valence-electron chi connectivity index (χ1n) is 13.1. The van der Waals surface area contributed by atoms with Crippen LogP contribution in [0.4, 0.5) is 0 Å². The van der Waals surface area contributed by atoms with Crippen LogP contribution in [0.2, 0.25) is 0 Å². The molecule has 3 aromatic carbocycles. The largest absolute Gasteiger partial charge is 0.376 e. The second-order valence-electron chi connectivity index (χ2n) is 9.78. The summed E-state index contributed by atoms with van der Waals surface area (Å²) in [5.74, 6) is 0.202. The van der Waals surface area contributed by atoms with E-state index in [1.165, 1.54) is 22.0 Å². The van der Waals surface area contributed by atoms with Crippen molar-refractivity contribution in [3.63, 3.8) is 0 Å². The lowest BCUT2D eigenvalue weighted by atomic mass is 10.1. The van der Waals surface area contributed by atoms with Crippen molar-refractivity contribution in [2.75, 3.05) is 19.7 Å². The zero-order chi connectivity index (χ0) is 25.0. The van der Waals surface area contributed by atoms with Crippen molar-refractivity contribution in [3.8, 4) is 11.3 Å². The molecular weight excluding hydrogens is 478 g/mol. The van der Waals surface area contributed by atoms with Crippen molar-refractivity contribution < 1.29 is 9.53 Å². The minimum atomic E-state index is 0.149. The molecule has 1 saturated heterocycles. The standard InChI is InChI=1S/C31H31N3O2S/c35-30(15-12-23-7-2-1-3-8-23)33(20-28-11-6-18-36-28)17-16-27-22-37-31-32-29(21-34(27)31)26-14-13-24-9-4-5-10-25(24)19-26/h1-5,7-10,13-14,19,21-22,28H,6,11-12,15-18,20H2. The number of nitrogens with zero attached hydrogens (tertiary/aromatic N) is 3. The molecule has 1 fully saturated rings. The van der Waals surface area contributed by atoms with Crippen molar-refractivity contribution in [1.29, 1.82) is 0 Å². The first-order valence-corrected chi connectivity index (χ1v) is 14.0. The van der Waals surface area contributed by atoms with Gasteiger partial charge in [0.2, 0.25) is 5.91 Å². The molecule has 6 heteroatoms. The molecule has 5 nitrogen and oxygen atoms in total. The third kappa shape index (κ3) is 5.45. The summed E-state index contributed by atoms with van der Waals surface area (Å²) in [6.45, 7) is 2.16. The number of carbonyl (C=O) groups excluding carboxylic acids is 1. The predicted molar refractivity (Wildman–Crippen MR) is 150 cm³/mol. The maximum atomic E-state index is 13.3. The fourth-order valence-corrected chi connectivity index (χ4v) is 6.06. The van der Waals surface area contributed by atoms with Crippen LogP contribution < -0.4 is 0 Å². The first-order chi connectivity index (χ1) is 18.2. The lowest BCUT2D eigenvalue weighted by Crippen LogP contribution is -2.39. The number of hydrogen-bond acceptors (Lipinski definition) is 4. The topological polar surface area (TPSA) is 46.8 Å². The van der Waals surface area contributed by atoms with Gasteiger partial charge in [0.15, 0.2) is 4.96 Å². The fourth-order valence-electron chi connectivity index (χ4n) is 5.15. The smallest absolute Gasteiger partial charge is 0.223 e. The number of benzene rings is 3. The minimum Gasteiger partial charge on any atom is -0.376 e. The van der Waals surface area contributed by atoms with Gasteiger partial charge >= 0.3 is 0 Å². The van der Waals surface area contributed by atoms with Crippen molar-refractivity contribution in [2.45, 2.75) is 38.2 Å². The number of carbonyl (C=O) groups is 1. The molecule has 5 aromatic rings. The molecule has 3 heterocycles. The number of fused-ring (bicyclic) bond motifs is 2. The van der Waals surface area contributed by atoms with Gasteiger partial charge in [0, 0.05) is 55.4 Å². The maximum absolute atomic E-state index is 13.3. The molecule has 1 amide bonds. The molecule has 37 heavy (non-hydrogen) atoms. The number of rotatable bonds is 9. The Morgan fingerprint density at radius 1 is 1.03 bits per heavy atom. The van der Waals surface area contributed by atoms with Gasteiger partial charge in [-0.2, -0.15) is 0 Å². The Bertz CT molecular complexity index is 1500. The number of amides is 1. The molecule has 6 rings (SSSR count). The third-order valence-electron chi connectivity index (χ3n) is 7.24. The highest BCUT2D eigenvalue weighted by molar-refractivity contribution is 7.15. The molecule has 188 valence electrons. The monoisotopic (exact) mass is 509 g/mol. The number of ether oxygens (including phenoxy) is 1. The normalized spacial score (nSPS) is 15.5. The molecular formula is C31H31N3O2S. The number of thiazole rings is 1. The van der Waals surface area contributed by atoms with Crippen molar-refractivity contribution >= 4 is 33.0 Å². The number of imidazole rings is 1. The van der Waals surface area contributed by atoms with E-state index in [1.807, 2.05) is 23.1 Å². The SMILES string of the molecule is O=C(CCc1ccccc1)N(CCc1csc2nc(-c3ccc4ccccc4c3)cn12)CC1CCCO1. The van der Waals surface area contributed by atoms with Gasteiger partial charge in [-0.05, 0) is 41.7 Å². The quantitative estimate of drug-likeness (QED) is 0.231. The molecule has 0 aliphatic carbocycles. The van der Waals surface area contributed by atoms with Crippen LogP contribution in [-0.4, -0.2) is 46.0 Å². The van der Waals surface area contributed by atoms with E-state index >= 15 is 0 Å². The van der Waals surface area contributed by atoms with Crippen LogP contribution in [0.5, 0.6) is 0 Å². The van der Waals surface area contributed by atoms with Crippen LogP contribution in [0, 0.1) is 0 Å². The molecule has 0 spiro atoms. The summed E-state index contributed by atoms with van der Waals surface area (Å²) < 4.78 is 8.07. The zero-order valence-electron chi connectivity index (χ0n) is 20.9. The number of aryl methyl sites for hydroxylation is 1. The van der Waals surface area contributed by atoms with Gasteiger partial charge in [0.1, 0.15) is 0 Å². The Kier molecular flexibility index (Phi) is 7.02. The first kappa shape index (κ1) is 23.9. The van der Waals surface area contributed by atoms with Gasteiger partial charge in [0.05, 0.1) is 11.8 Å². The number of aromatic nitrogens is 2. The van der Waals surface area contributed by atoms with Crippen LogP contribution in [0.25, 0.3) is 27.0 Å². The summed E-state index contributed by atoms with van der Waals surface area (Å²) >= 11 is 1.66. The highest BCUT2D eigenvalue weighted by Gasteiger charge is 2.23. The van der Waals surface area contributed by atoms with Crippen molar-refractivity contribution in [3.05, 3.63) is 95.6 Å². The van der Waals surface area contributed by atoms with Crippen molar-refractivity contribution in [1.82, 2.24) is 14.3 Å². The van der Waals surface area contributed by atoms with E-state index in [1.54, 1.807) is 11.3 Å². The van der Waals surface area contributed by atoms with E-state index in [2.05, 4.69) is 70.6 Å². The Labute approximate surface area is 221 Å². The molecule has 0 radical (unpaired) electrons. The summed E-state index contributed by atoms with van der Waals surface area (Å²) in [7, 11) is 0. The van der Waals surface area contributed by atoms with Gasteiger partial charge < -0.3 is 9.64 Å². The molecule has 1 aliphatic heterocycles. The Morgan fingerprint density at radius 2 is 1.86 bits per heavy atom. The Hall–Kier alpha value is -3.48. The minimum absolute atomic E-state index is 0.149. The second-order valence-corrected chi connectivity index (χ2v) is 10.6. The molecule has 0 saturated carbocycles. The average Bonchev–Trinajstić information content (AvgIpc) is 3.69. The molecule has 1 atom stereocenters. The Balaban J connectivity index is 1.17. The van der Waals surface area contributed by atoms with E-state index in [-0.39, 0.29) is 12.0 Å². The second kappa shape index (κ2) is 10.9. The lowest BCUT2D eigenvalue weighted by molar-refractivity contribution is -0.132. The molecule has 2 aromatic heterocycles. The average molecular weight is 510 g/mol. The van der Waals surface area contributed by atoms with E-state index in [9.17, 15) is 4.79 Å². The maximum Gasteiger partial charge on any atom is 0.223 e. The van der Waals surface area contributed by atoms with E-state index in [0.29, 0.717) is 19.5 Å². The summed E-state index contributed by atoms with van der Waals surface area (Å²) in [6.07, 6.45) is 6.46. The predicted octanol–water partition coefficient (Wildman–Crippen LogP) is 6.40. The summed E-state index contributed by atoms with van der Waals surface area (Å²) in [4.78, 5) is 21.2. The Morgan fingerprint density at radius 3 is 2.70 bits per heavy atom. The van der Waals surface area contributed by atoms with Gasteiger partial charge in [0.25, 0.3) is 0 Å². The molecule has 0 bridgehead atoms. The van der Waals surface area contributed by atoms with Crippen LogP contribution >= 0.6 is 11.3 Å². The number of hydrogen-bond donors (Lipinski definition) is 0. The summed E-state index contributed by atoms with van der Waals surface area (Å²) in [5, 5.41) is 4.62. The van der Waals surface area contributed by atoms with Gasteiger partial charge in [-0.3, -0.25) is 9.20 Å². The van der Waals surface area contributed by atoms with Gasteiger partial charge in [-0.25, -0.2) is 4.98 Å². The van der Waals surface area contributed by atoms with Crippen LogP contribution in [0.1, 0.15) is 30.5 Å². The third-order valence-corrected chi connectivity index (χ3v) is 8.13. The molecule has 1 unspecified atom stereocenters. The molecule has 1 aliphatic rings. The highest BCUT2D eigenvalue weighted by Crippen LogP contribution is 2.27.